The standard InChI is InChI=1S/C20H24N2O6/c1-6-13-16(20(23)27-7-2)15(12(10-21)19(22)28-13)11-8-9-14(24-3)18(26-5)17(11)25-4/h8-9,15H,6-7,22H2,1-5H3/t15-/m0/s1. The molecule has 0 saturated heterocycles. The van der Waals surface area contributed by atoms with E-state index in [9.17, 15) is 10.1 Å². The van der Waals surface area contributed by atoms with Gasteiger partial charge in [-0.15, -0.1) is 0 Å². The second-order valence-electron chi connectivity index (χ2n) is 5.76. The summed E-state index contributed by atoms with van der Waals surface area (Å²) >= 11 is 0. The summed E-state index contributed by atoms with van der Waals surface area (Å²) in [6.07, 6.45) is 0.389. The first-order valence-electron chi connectivity index (χ1n) is 8.75. The highest BCUT2D eigenvalue weighted by Gasteiger charge is 2.39. The van der Waals surface area contributed by atoms with Gasteiger partial charge in [0.05, 0.1) is 39.4 Å². The van der Waals surface area contributed by atoms with E-state index in [0.717, 1.165) is 0 Å². The number of nitrogens with two attached hydrogens (primary N) is 1. The molecule has 2 rings (SSSR count). The quantitative estimate of drug-likeness (QED) is 0.710. The van der Waals surface area contributed by atoms with Gasteiger partial charge in [-0.2, -0.15) is 5.26 Å². The molecule has 1 atom stereocenters. The highest BCUT2D eigenvalue weighted by molar-refractivity contribution is 5.93. The van der Waals surface area contributed by atoms with Gasteiger partial charge in [-0.05, 0) is 13.0 Å². The lowest BCUT2D eigenvalue weighted by Crippen LogP contribution is -2.26. The molecule has 1 aliphatic rings. The van der Waals surface area contributed by atoms with Crippen molar-refractivity contribution in [3.8, 4) is 23.3 Å². The fraction of sp³-hybridized carbons (Fsp3) is 0.400. The summed E-state index contributed by atoms with van der Waals surface area (Å²) in [6, 6.07) is 5.43. The number of rotatable bonds is 7. The Labute approximate surface area is 164 Å². The van der Waals surface area contributed by atoms with E-state index in [1.165, 1.54) is 21.3 Å². The first-order valence-corrected chi connectivity index (χ1v) is 8.75. The van der Waals surface area contributed by atoms with Gasteiger partial charge < -0.3 is 29.4 Å². The Balaban J connectivity index is 2.83. The fourth-order valence-corrected chi connectivity index (χ4v) is 3.18. The Kier molecular flexibility index (Phi) is 6.77. The van der Waals surface area contributed by atoms with Crippen LogP contribution in [0.1, 0.15) is 31.7 Å². The van der Waals surface area contributed by atoms with Crippen LogP contribution in [0.3, 0.4) is 0 Å². The molecule has 1 heterocycles. The third-order valence-electron chi connectivity index (χ3n) is 4.36. The van der Waals surface area contributed by atoms with Gasteiger partial charge in [0.25, 0.3) is 0 Å². The van der Waals surface area contributed by atoms with Gasteiger partial charge in [-0.3, -0.25) is 0 Å². The molecule has 0 bridgehead atoms. The zero-order chi connectivity index (χ0) is 20.8. The number of carbonyl (C=O) groups is 1. The van der Waals surface area contributed by atoms with E-state index in [0.29, 0.717) is 35.0 Å². The number of nitriles is 1. The number of carbonyl (C=O) groups excluding carboxylic acids is 1. The molecule has 150 valence electrons. The molecular formula is C20H24N2O6. The Morgan fingerprint density at radius 1 is 1.18 bits per heavy atom. The average Bonchev–Trinajstić information content (AvgIpc) is 2.71. The number of benzene rings is 1. The summed E-state index contributed by atoms with van der Waals surface area (Å²) in [5.41, 5.74) is 6.80. The van der Waals surface area contributed by atoms with Crippen LogP contribution in [0.2, 0.25) is 0 Å². The van der Waals surface area contributed by atoms with E-state index in [1.807, 2.05) is 6.92 Å². The molecule has 0 amide bonds. The minimum atomic E-state index is -0.831. The Bertz CT molecular complexity index is 866. The van der Waals surface area contributed by atoms with Gasteiger partial charge >= 0.3 is 5.97 Å². The molecular weight excluding hydrogens is 364 g/mol. The molecule has 0 unspecified atom stereocenters. The van der Waals surface area contributed by atoms with Gasteiger partial charge in [0, 0.05) is 12.0 Å². The van der Waals surface area contributed by atoms with E-state index < -0.39 is 11.9 Å². The minimum Gasteiger partial charge on any atom is -0.493 e. The lowest BCUT2D eigenvalue weighted by Gasteiger charge is -2.29. The van der Waals surface area contributed by atoms with E-state index in [1.54, 1.807) is 19.1 Å². The summed E-state index contributed by atoms with van der Waals surface area (Å²) in [5.74, 6) is -0.0179. The molecule has 0 aliphatic carbocycles. The molecule has 28 heavy (non-hydrogen) atoms. The van der Waals surface area contributed by atoms with E-state index >= 15 is 0 Å². The number of ether oxygens (including phenoxy) is 5. The highest BCUT2D eigenvalue weighted by Crippen LogP contribution is 2.49. The SMILES string of the molecule is CCOC(=O)C1=C(CC)OC(N)=C(C#N)[C@@H]1c1ccc(OC)c(OC)c1OC. The number of esters is 1. The van der Waals surface area contributed by atoms with Gasteiger partial charge in [0.2, 0.25) is 11.6 Å². The molecule has 8 nitrogen and oxygen atoms in total. The fourth-order valence-electron chi connectivity index (χ4n) is 3.18. The van der Waals surface area contributed by atoms with Crippen LogP contribution in [-0.4, -0.2) is 33.9 Å². The second kappa shape index (κ2) is 9.04. The van der Waals surface area contributed by atoms with Crippen LogP contribution in [0.15, 0.2) is 34.9 Å². The molecule has 1 aliphatic heterocycles. The van der Waals surface area contributed by atoms with Crippen molar-refractivity contribution in [1.82, 2.24) is 0 Å². The van der Waals surface area contributed by atoms with Crippen molar-refractivity contribution in [2.75, 3.05) is 27.9 Å². The lowest BCUT2D eigenvalue weighted by molar-refractivity contribution is -0.139. The van der Waals surface area contributed by atoms with E-state index in [4.69, 9.17) is 29.4 Å². The predicted molar refractivity (Wildman–Crippen MR) is 101 cm³/mol. The summed E-state index contributed by atoms with van der Waals surface area (Å²) in [6.45, 7) is 3.70. The number of hydrogen-bond donors (Lipinski definition) is 1. The van der Waals surface area contributed by atoms with Crippen LogP contribution in [0.25, 0.3) is 0 Å². The van der Waals surface area contributed by atoms with Crippen molar-refractivity contribution in [2.45, 2.75) is 26.2 Å². The number of hydrogen-bond acceptors (Lipinski definition) is 8. The number of nitrogens with zero attached hydrogens (tertiary/aromatic N) is 1. The minimum absolute atomic E-state index is 0.0609. The topological polar surface area (TPSA) is 113 Å². The summed E-state index contributed by atoms with van der Waals surface area (Å²) < 4.78 is 27.1. The predicted octanol–water partition coefficient (Wildman–Crippen LogP) is 2.75. The largest absolute Gasteiger partial charge is 0.493 e. The molecule has 1 aromatic carbocycles. The monoisotopic (exact) mass is 388 g/mol. The van der Waals surface area contributed by atoms with Crippen molar-refractivity contribution < 1.29 is 28.5 Å². The van der Waals surface area contributed by atoms with Crippen molar-refractivity contribution in [2.24, 2.45) is 5.73 Å². The number of allylic oxidation sites excluding steroid dienone is 2. The average molecular weight is 388 g/mol. The molecule has 0 saturated carbocycles. The van der Waals surface area contributed by atoms with Crippen LogP contribution >= 0.6 is 0 Å². The van der Waals surface area contributed by atoms with Gasteiger partial charge in [-0.25, -0.2) is 4.79 Å². The smallest absolute Gasteiger partial charge is 0.338 e. The summed E-state index contributed by atoms with van der Waals surface area (Å²) in [5, 5.41) is 9.73. The molecule has 0 aromatic heterocycles. The van der Waals surface area contributed by atoms with Crippen molar-refractivity contribution in [1.29, 1.82) is 5.26 Å². The van der Waals surface area contributed by atoms with Crippen LogP contribution in [0.4, 0.5) is 0 Å². The normalized spacial score (nSPS) is 16.2. The van der Waals surface area contributed by atoms with Gasteiger partial charge in [-0.1, -0.05) is 13.0 Å². The van der Waals surface area contributed by atoms with Gasteiger partial charge in [0.15, 0.2) is 11.5 Å². The second-order valence-corrected chi connectivity index (χ2v) is 5.76. The first-order chi connectivity index (χ1) is 13.5. The zero-order valence-corrected chi connectivity index (χ0v) is 16.6. The molecule has 2 N–H and O–H groups in total. The van der Waals surface area contributed by atoms with E-state index in [-0.39, 0.29) is 23.6 Å². The summed E-state index contributed by atoms with van der Waals surface area (Å²) in [4.78, 5) is 12.8. The van der Waals surface area contributed by atoms with Crippen molar-refractivity contribution >= 4 is 5.97 Å². The molecule has 1 aromatic rings. The maximum Gasteiger partial charge on any atom is 0.338 e. The lowest BCUT2D eigenvalue weighted by atomic mass is 9.82. The van der Waals surface area contributed by atoms with Crippen LogP contribution in [0, 0.1) is 11.3 Å². The van der Waals surface area contributed by atoms with Gasteiger partial charge in [0.1, 0.15) is 17.4 Å². The Hall–Kier alpha value is -3.34. The van der Waals surface area contributed by atoms with Crippen LogP contribution < -0.4 is 19.9 Å². The van der Waals surface area contributed by atoms with Crippen molar-refractivity contribution in [3.63, 3.8) is 0 Å². The van der Waals surface area contributed by atoms with E-state index in [2.05, 4.69) is 6.07 Å². The maximum atomic E-state index is 12.8. The third-order valence-corrected chi connectivity index (χ3v) is 4.36. The third kappa shape index (κ3) is 3.56. The molecule has 0 fully saturated rings. The molecule has 0 spiro atoms. The Morgan fingerprint density at radius 3 is 2.36 bits per heavy atom. The highest BCUT2D eigenvalue weighted by atomic mass is 16.5. The molecule has 8 heteroatoms. The Morgan fingerprint density at radius 2 is 1.86 bits per heavy atom. The van der Waals surface area contributed by atoms with Crippen molar-refractivity contribution in [3.05, 3.63) is 40.5 Å². The molecule has 0 radical (unpaired) electrons. The summed E-state index contributed by atoms with van der Waals surface area (Å²) in [7, 11) is 4.44. The van der Waals surface area contributed by atoms with Crippen LogP contribution in [0.5, 0.6) is 17.2 Å². The first kappa shape index (κ1) is 21.0. The zero-order valence-electron chi connectivity index (χ0n) is 16.6. The maximum absolute atomic E-state index is 12.8. The van der Waals surface area contributed by atoms with Crippen LogP contribution in [-0.2, 0) is 14.3 Å². The number of methoxy groups -OCH3 is 3.